The van der Waals surface area contributed by atoms with Crippen LogP contribution in [-0.2, 0) is 6.54 Å². The number of aryl methyl sites for hydroxylation is 1. The largest absolute Gasteiger partial charge is 0.361 e. The molecule has 2 rings (SSSR count). The highest BCUT2D eigenvalue weighted by Gasteiger charge is 2.00. The standard InChI is InChI=1S/C9H10N4O2/c1-6-4-7(13-15-6)5-11-9-10-3-2-8(14)12-9/h2-4H,5H2,1H3,(H2,10,11,12,14). The Morgan fingerprint density at radius 2 is 2.47 bits per heavy atom. The summed E-state index contributed by atoms with van der Waals surface area (Å²) in [5, 5.41) is 6.72. The number of aromatic nitrogens is 3. The first-order valence-corrected chi connectivity index (χ1v) is 4.45. The van der Waals surface area contributed by atoms with Gasteiger partial charge in [0.1, 0.15) is 11.5 Å². The van der Waals surface area contributed by atoms with E-state index in [2.05, 4.69) is 20.4 Å². The number of hydrogen-bond donors (Lipinski definition) is 2. The van der Waals surface area contributed by atoms with Gasteiger partial charge in [0.15, 0.2) is 0 Å². The number of H-pyrrole nitrogens is 1. The lowest BCUT2D eigenvalue weighted by Gasteiger charge is -2.00. The molecule has 15 heavy (non-hydrogen) atoms. The molecule has 0 radical (unpaired) electrons. The van der Waals surface area contributed by atoms with E-state index in [1.807, 2.05) is 13.0 Å². The molecule has 0 aromatic carbocycles. The van der Waals surface area contributed by atoms with E-state index in [9.17, 15) is 4.79 Å². The third-order valence-corrected chi connectivity index (χ3v) is 1.78. The molecule has 0 unspecified atom stereocenters. The van der Waals surface area contributed by atoms with Crippen molar-refractivity contribution in [1.29, 1.82) is 0 Å². The molecule has 2 heterocycles. The molecular formula is C9H10N4O2. The maximum Gasteiger partial charge on any atom is 0.252 e. The molecule has 78 valence electrons. The van der Waals surface area contributed by atoms with Crippen LogP contribution in [0.3, 0.4) is 0 Å². The fourth-order valence-corrected chi connectivity index (χ4v) is 1.14. The summed E-state index contributed by atoms with van der Waals surface area (Å²) in [5.41, 5.74) is 0.572. The second kappa shape index (κ2) is 3.95. The lowest BCUT2D eigenvalue weighted by molar-refractivity contribution is 0.391. The Morgan fingerprint density at radius 1 is 1.60 bits per heavy atom. The van der Waals surface area contributed by atoms with Gasteiger partial charge in [-0.25, -0.2) is 4.98 Å². The maximum atomic E-state index is 10.9. The van der Waals surface area contributed by atoms with Crippen molar-refractivity contribution in [2.75, 3.05) is 5.32 Å². The third kappa shape index (κ3) is 2.43. The molecule has 0 aliphatic heterocycles. The van der Waals surface area contributed by atoms with E-state index in [-0.39, 0.29) is 5.56 Å². The van der Waals surface area contributed by atoms with E-state index in [0.717, 1.165) is 11.5 Å². The molecule has 0 aliphatic carbocycles. The Bertz CT molecular complexity index is 503. The molecule has 0 amide bonds. The van der Waals surface area contributed by atoms with E-state index in [1.54, 1.807) is 0 Å². The summed E-state index contributed by atoms with van der Waals surface area (Å²) in [6.07, 6.45) is 1.44. The van der Waals surface area contributed by atoms with Crippen molar-refractivity contribution in [2.24, 2.45) is 0 Å². The van der Waals surface area contributed by atoms with Crippen LogP contribution in [0.1, 0.15) is 11.5 Å². The monoisotopic (exact) mass is 206 g/mol. The molecule has 0 spiro atoms. The number of aromatic amines is 1. The van der Waals surface area contributed by atoms with Gasteiger partial charge in [-0.2, -0.15) is 0 Å². The van der Waals surface area contributed by atoms with Gasteiger partial charge < -0.3 is 9.84 Å². The van der Waals surface area contributed by atoms with Crippen LogP contribution in [0.5, 0.6) is 0 Å². The van der Waals surface area contributed by atoms with Crippen molar-refractivity contribution in [1.82, 2.24) is 15.1 Å². The van der Waals surface area contributed by atoms with E-state index < -0.39 is 0 Å². The molecule has 2 aromatic heterocycles. The Balaban J connectivity index is 2.02. The van der Waals surface area contributed by atoms with Gasteiger partial charge in [-0.05, 0) is 6.92 Å². The second-order valence-corrected chi connectivity index (χ2v) is 3.07. The summed E-state index contributed by atoms with van der Waals surface area (Å²) in [7, 11) is 0. The first-order valence-electron chi connectivity index (χ1n) is 4.45. The average Bonchev–Trinajstić information content (AvgIpc) is 2.62. The van der Waals surface area contributed by atoms with Gasteiger partial charge in [0, 0.05) is 18.3 Å². The fourth-order valence-electron chi connectivity index (χ4n) is 1.14. The normalized spacial score (nSPS) is 10.2. The van der Waals surface area contributed by atoms with Crippen molar-refractivity contribution >= 4 is 5.95 Å². The Labute approximate surface area is 85.3 Å². The molecule has 6 nitrogen and oxygen atoms in total. The highest BCUT2D eigenvalue weighted by atomic mass is 16.5. The van der Waals surface area contributed by atoms with Crippen molar-refractivity contribution < 1.29 is 4.52 Å². The average molecular weight is 206 g/mol. The summed E-state index contributed by atoms with van der Waals surface area (Å²) < 4.78 is 4.89. The molecule has 0 aliphatic rings. The van der Waals surface area contributed by atoms with Crippen LogP contribution in [0.4, 0.5) is 5.95 Å². The minimum atomic E-state index is -0.191. The fraction of sp³-hybridized carbons (Fsp3) is 0.222. The number of anilines is 1. The molecular weight excluding hydrogens is 196 g/mol. The van der Waals surface area contributed by atoms with E-state index >= 15 is 0 Å². The summed E-state index contributed by atoms with van der Waals surface area (Å²) in [5.74, 6) is 1.17. The van der Waals surface area contributed by atoms with Gasteiger partial charge in [0.05, 0.1) is 6.54 Å². The van der Waals surface area contributed by atoms with Crippen molar-refractivity contribution in [3.8, 4) is 0 Å². The van der Waals surface area contributed by atoms with Crippen LogP contribution in [-0.4, -0.2) is 15.1 Å². The smallest absolute Gasteiger partial charge is 0.252 e. The SMILES string of the molecule is Cc1cc(CNc2nccc(=O)[nH]2)no1. The Hall–Kier alpha value is -2.11. The summed E-state index contributed by atoms with van der Waals surface area (Å²) in [6.45, 7) is 2.28. The highest BCUT2D eigenvalue weighted by molar-refractivity contribution is 5.23. The first-order chi connectivity index (χ1) is 7.24. The minimum Gasteiger partial charge on any atom is -0.361 e. The van der Waals surface area contributed by atoms with Crippen LogP contribution in [0.25, 0.3) is 0 Å². The predicted molar refractivity (Wildman–Crippen MR) is 53.4 cm³/mol. The number of hydrogen-bond acceptors (Lipinski definition) is 5. The highest BCUT2D eigenvalue weighted by Crippen LogP contribution is 2.03. The molecule has 0 atom stereocenters. The zero-order valence-corrected chi connectivity index (χ0v) is 8.15. The molecule has 0 saturated carbocycles. The molecule has 2 N–H and O–H groups in total. The third-order valence-electron chi connectivity index (χ3n) is 1.78. The van der Waals surface area contributed by atoms with Crippen LogP contribution in [0, 0.1) is 6.92 Å². The Kier molecular flexibility index (Phi) is 2.49. The zero-order valence-electron chi connectivity index (χ0n) is 8.15. The first kappa shape index (κ1) is 9.45. The molecule has 6 heteroatoms. The van der Waals surface area contributed by atoms with Gasteiger partial charge in [-0.15, -0.1) is 0 Å². The molecule has 2 aromatic rings. The summed E-state index contributed by atoms with van der Waals surface area (Å²) >= 11 is 0. The zero-order chi connectivity index (χ0) is 10.7. The van der Waals surface area contributed by atoms with Crippen LogP contribution in [0.2, 0.25) is 0 Å². The lowest BCUT2D eigenvalue weighted by atomic mass is 10.4. The van der Waals surface area contributed by atoms with Crippen molar-refractivity contribution in [2.45, 2.75) is 13.5 Å². The van der Waals surface area contributed by atoms with Gasteiger partial charge in [-0.3, -0.25) is 9.78 Å². The lowest BCUT2D eigenvalue weighted by Crippen LogP contribution is -2.10. The quantitative estimate of drug-likeness (QED) is 0.771. The van der Waals surface area contributed by atoms with Gasteiger partial charge >= 0.3 is 0 Å². The van der Waals surface area contributed by atoms with Gasteiger partial charge in [0.2, 0.25) is 5.95 Å². The van der Waals surface area contributed by atoms with Crippen LogP contribution in [0.15, 0.2) is 27.6 Å². The predicted octanol–water partition coefficient (Wildman–Crippen LogP) is 0.678. The van der Waals surface area contributed by atoms with E-state index in [0.29, 0.717) is 12.5 Å². The van der Waals surface area contributed by atoms with E-state index in [1.165, 1.54) is 12.3 Å². The van der Waals surface area contributed by atoms with Gasteiger partial charge in [0.25, 0.3) is 5.56 Å². The summed E-state index contributed by atoms with van der Waals surface area (Å²) in [4.78, 5) is 17.4. The number of nitrogens with zero attached hydrogens (tertiary/aromatic N) is 2. The summed E-state index contributed by atoms with van der Waals surface area (Å²) in [6, 6.07) is 3.17. The Morgan fingerprint density at radius 3 is 3.13 bits per heavy atom. The van der Waals surface area contributed by atoms with Gasteiger partial charge in [-0.1, -0.05) is 5.16 Å². The van der Waals surface area contributed by atoms with Crippen molar-refractivity contribution in [3.63, 3.8) is 0 Å². The van der Waals surface area contributed by atoms with Crippen LogP contribution < -0.4 is 10.9 Å². The minimum absolute atomic E-state index is 0.191. The number of rotatable bonds is 3. The molecule has 0 fully saturated rings. The van der Waals surface area contributed by atoms with Crippen molar-refractivity contribution in [3.05, 3.63) is 40.1 Å². The molecule has 0 bridgehead atoms. The van der Waals surface area contributed by atoms with Crippen LogP contribution >= 0.6 is 0 Å². The van der Waals surface area contributed by atoms with E-state index in [4.69, 9.17) is 4.52 Å². The maximum absolute atomic E-state index is 10.9. The second-order valence-electron chi connectivity index (χ2n) is 3.07. The molecule has 0 saturated heterocycles. The number of nitrogens with one attached hydrogen (secondary N) is 2. The topological polar surface area (TPSA) is 83.8 Å².